The maximum Gasteiger partial charge on any atom is 0.261 e. The zero-order valence-corrected chi connectivity index (χ0v) is 30.1. The van der Waals surface area contributed by atoms with Crippen molar-refractivity contribution < 1.29 is 54.6 Å². The van der Waals surface area contributed by atoms with Crippen molar-refractivity contribution >= 4 is 18.7 Å². The average Bonchev–Trinajstić information content (AvgIpc) is 3.61. The zero-order valence-electron chi connectivity index (χ0n) is 25.0. The Bertz CT molecular complexity index is 1020. The van der Waals surface area contributed by atoms with Gasteiger partial charge < -0.3 is 18.6 Å². The molecule has 6 nitrogen and oxygen atoms in total. The van der Waals surface area contributed by atoms with E-state index in [4.69, 9.17) is 23.5 Å². The first kappa shape index (κ1) is 32.4. The third-order valence-corrected chi connectivity index (χ3v) is 14.1. The van der Waals surface area contributed by atoms with E-state index in [2.05, 4.69) is 95.3 Å². The topological polar surface area (TPSA) is 49.4 Å². The maximum atomic E-state index is 7.49. The number of hydroxylamine groups is 2. The van der Waals surface area contributed by atoms with Crippen LogP contribution in [0.2, 0.25) is 5.04 Å². The summed E-state index contributed by atoms with van der Waals surface area (Å²) in [6.07, 6.45) is 2.76. The summed E-state index contributed by atoms with van der Waals surface area (Å²) < 4.78 is 26.0. The van der Waals surface area contributed by atoms with Gasteiger partial charge in [0, 0.05) is 57.0 Å². The first-order valence-corrected chi connectivity index (χ1v) is 16.5. The predicted molar refractivity (Wildman–Crippen MR) is 156 cm³/mol. The van der Waals surface area contributed by atoms with E-state index in [0.717, 1.165) is 25.8 Å². The number of hydrogen-bond acceptors (Lipinski definition) is 6. The van der Waals surface area contributed by atoms with Crippen LogP contribution < -0.4 is 10.4 Å². The second-order valence-corrected chi connectivity index (χ2v) is 16.7. The van der Waals surface area contributed by atoms with Crippen LogP contribution in [0.4, 0.5) is 0 Å². The van der Waals surface area contributed by atoms with Gasteiger partial charge in [-0.15, -0.1) is 0 Å². The van der Waals surface area contributed by atoms with Gasteiger partial charge in [0.15, 0.2) is 0 Å². The van der Waals surface area contributed by atoms with Crippen LogP contribution in [0.1, 0.15) is 53.9 Å². The molecule has 6 atom stereocenters. The number of hydrogen-bond donors (Lipinski definition) is 0. The summed E-state index contributed by atoms with van der Waals surface area (Å²) >= 11 is 0. The zero-order chi connectivity index (χ0) is 27.7. The van der Waals surface area contributed by atoms with Crippen LogP contribution >= 0.6 is 0 Å². The fourth-order valence-corrected chi connectivity index (χ4v) is 11.4. The maximum absolute atomic E-state index is 7.49. The van der Waals surface area contributed by atoms with Gasteiger partial charge in [-0.3, -0.25) is 4.84 Å². The van der Waals surface area contributed by atoms with E-state index < -0.39 is 8.32 Å². The summed E-state index contributed by atoms with van der Waals surface area (Å²) in [6, 6.07) is 21.7. The summed E-state index contributed by atoms with van der Waals surface area (Å²) in [4.78, 5) is 6.36. The number of nitrogens with zero attached hydrogens (tertiary/aromatic N) is 1. The van der Waals surface area contributed by atoms with E-state index in [1.807, 2.05) is 18.7 Å². The third kappa shape index (κ3) is 6.23. The molecule has 5 rings (SSSR count). The molecule has 2 aromatic carbocycles. The van der Waals surface area contributed by atoms with Gasteiger partial charge in [-0.2, -0.15) is 11.7 Å². The Hall–Kier alpha value is -0.531. The Balaban J connectivity index is 0.00000370. The predicted octanol–water partition coefficient (Wildman–Crippen LogP) is 4.72. The Labute approximate surface area is 265 Å². The van der Waals surface area contributed by atoms with Gasteiger partial charge in [-0.05, 0) is 34.4 Å². The van der Waals surface area contributed by atoms with Crippen molar-refractivity contribution in [3.8, 4) is 0 Å². The molecule has 0 saturated carbocycles. The summed E-state index contributed by atoms with van der Waals surface area (Å²) in [5, 5.41) is 4.44. The Morgan fingerprint density at radius 2 is 1.65 bits per heavy atom. The van der Waals surface area contributed by atoms with Crippen molar-refractivity contribution in [3.05, 3.63) is 67.3 Å². The van der Waals surface area contributed by atoms with Gasteiger partial charge in [0.25, 0.3) is 8.32 Å². The average molecular weight is 791 g/mol. The van der Waals surface area contributed by atoms with Crippen LogP contribution in [0.3, 0.4) is 0 Å². The first-order valence-electron chi connectivity index (χ1n) is 14.6. The van der Waals surface area contributed by atoms with E-state index >= 15 is 0 Å². The molecule has 3 aliphatic heterocycles. The molecule has 0 aromatic heterocycles. The molecule has 218 valence electrons. The molecule has 40 heavy (non-hydrogen) atoms. The second-order valence-electron chi connectivity index (χ2n) is 12.4. The smallest absolute Gasteiger partial charge is 0.261 e. The summed E-state index contributed by atoms with van der Waals surface area (Å²) in [6.45, 7) is 15.1. The molecule has 8 heteroatoms. The number of rotatable bonds is 11. The molecule has 0 unspecified atom stereocenters. The third-order valence-electron chi connectivity index (χ3n) is 9.02. The van der Waals surface area contributed by atoms with E-state index in [-0.39, 0.29) is 72.1 Å². The first-order chi connectivity index (χ1) is 18.7. The summed E-state index contributed by atoms with van der Waals surface area (Å²) in [5.74, 6) is 0.268. The fourth-order valence-electron chi connectivity index (χ4n) is 6.72. The molecular weight excluding hydrogens is 744 g/mol. The van der Waals surface area contributed by atoms with Crippen LogP contribution in [0.15, 0.2) is 60.7 Å². The minimum absolute atomic E-state index is 0. The number of ether oxygens (including phenoxy) is 3. The monoisotopic (exact) mass is 790 g/mol. The van der Waals surface area contributed by atoms with Gasteiger partial charge in [-0.25, -0.2) is 0 Å². The number of benzene rings is 2. The van der Waals surface area contributed by atoms with Crippen molar-refractivity contribution in [2.24, 2.45) is 5.92 Å². The van der Waals surface area contributed by atoms with Crippen LogP contribution in [0.5, 0.6) is 0 Å². The SMILES string of the molecule is CC[C@H]1C[C@H](O[Si](c2ccccc2)(c2ccccc2)C(C)(C)C)[C@@H](CON(C)C[C@H]2[C@@H]3[CH-]O[C@@]2(CC)CO3)O1.[U]. The Morgan fingerprint density at radius 3 is 2.15 bits per heavy atom. The summed E-state index contributed by atoms with van der Waals surface area (Å²) in [7, 11) is -0.690. The van der Waals surface area contributed by atoms with Crippen molar-refractivity contribution in [3.63, 3.8) is 0 Å². The largest absolute Gasteiger partial charge is 0.543 e. The molecular formula is C32H46NO5SiU-. The Morgan fingerprint density at radius 1 is 1.02 bits per heavy atom. The standard InChI is InChI=1S/C32H46NO5Si.U/c1-7-24-19-28(30(37-24)22-36-33(6)20-27-29-21-35-32(27,8-2)23-34-29)38-39(31(3,4)5,25-15-11-9-12-16-25)26-17-13-10-14-18-26;/h9-18,21,24,27-30H,7-8,19-20,22-23H2,1-6H3;/q-1;/t24-,27-,28-,29-,30+,32-;/m0./s1. The normalized spacial score (nSPS) is 30.1. The van der Waals surface area contributed by atoms with Gasteiger partial charge in [0.2, 0.25) is 0 Å². The van der Waals surface area contributed by atoms with Crippen LogP contribution in [0, 0.1) is 43.6 Å². The van der Waals surface area contributed by atoms with Gasteiger partial charge in [0.05, 0.1) is 31.0 Å². The summed E-state index contributed by atoms with van der Waals surface area (Å²) in [5.41, 5.74) is -0.228. The van der Waals surface area contributed by atoms with Crippen molar-refractivity contribution in [2.75, 3.05) is 26.8 Å². The number of fused-ring (bicyclic) bond motifs is 2. The van der Waals surface area contributed by atoms with E-state index in [1.165, 1.54) is 10.4 Å². The molecule has 3 saturated heterocycles. The van der Waals surface area contributed by atoms with Crippen LogP contribution in [-0.2, 0) is 23.5 Å². The molecule has 0 N–H and O–H groups in total. The van der Waals surface area contributed by atoms with Gasteiger partial charge >= 0.3 is 0 Å². The molecule has 2 aromatic rings. The van der Waals surface area contributed by atoms with Gasteiger partial charge in [0.1, 0.15) is 6.10 Å². The van der Waals surface area contributed by atoms with Crippen LogP contribution in [0.25, 0.3) is 0 Å². The second kappa shape index (κ2) is 13.4. The molecule has 0 radical (unpaired) electrons. The molecule has 3 fully saturated rings. The minimum atomic E-state index is -2.70. The molecule has 0 spiro atoms. The van der Waals surface area contributed by atoms with E-state index in [0.29, 0.717) is 13.2 Å². The van der Waals surface area contributed by atoms with Crippen molar-refractivity contribution in [2.45, 2.75) is 88.9 Å². The molecule has 0 amide bonds. The Kier molecular flexibility index (Phi) is 10.9. The van der Waals surface area contributed by atoms with Crippen molar-refractivity contribution in [1.82, 2.24) is 5.06 Å². The van der Waals surface area contributed by atoms with Crippen LogP contribution in [-0.4, -0.2) is 70.2 Å². The molecule has 2 bridgehead atoms. The van der Waals surface area contributed by atoms with Crippen molar-refractivity contribution in [1.29, 1.82) is 0 Å². The molecule has 3 heterocycles. The van der Waals surface area contributed by atoms with E-state index in [1.54, 1.807) is 0 Å². The molecule has 3 aliphatic rings. The van der Waals surface area contributed by atoms with E-state index in [9.17, 15) is 0 Å². The fraction of sp³-hybridized carbons (Fsp3) is 0.594. The quantitative estimate of drug-likeness (QED) is 0.187. The van der Waals surface area contributed by atoms with Gasteiger partial charge in [-0.1, -0.05) is 95.3 Å². The molecule has 0 aliphatic carbocycles. The minimum Gasteiger partial charge on any atom is -0.543 e.